The number of pyridine rings is 1. The summed E-state index contributed by atoms with van der Waals surface area (Å²) in [6.07, 6.45) is 1.54. The molecule has 9 heteroatoms. The molecule has 3 heterocycles. The number of nitrogens with one attached hydrogen (secondary N) is 2. The van der Waals surface area contributed by atoms with Crippen molar-refractivity contribution in [2.45, 2.75) is 31.5 Å². The second-order valence-electron chi connectivity index (χ2n) is 8.42. The van der Waals surface area contributed by atoms with Gasteiger partial charge in [0, 0.05) is 30.5 Å². The van der Waals surface area contributed by atoms with E-state index < -0.39 is 17.6 Å². The number of benzene rings is 1. The zero-order chi connectivity index (χ0) is 23.6. The SMILES string of the molecule is CC(C)Nc1ccnc(C(=O)N[C@H]2COc3ccc(C#CC4(O)COC4)cc3N(C)C2=O)c1. The van der Waals surface area contributed by atoms with Gasteiger partial charge in [0.2, 0.25) is 0 Å². The molecule has 172 valence electrons. The highest BCUT2D eigenvalue weighted by Gasteiger charge is 2.34. The third kappa shape index (κ3) is 5.08. The Morgan fingerprint density at radius 1 is 1.30 bits per heavy atom. The molecular formula is C24H26N4O5. The number of likely N-dealkylation sites (N-methyl/N-ethyl adjacent to an activating group) is 1. The van der Waals surface area contributed by atoms with Crippen LogP contribution in [0.1, 0.15) is 29.9 Å². The van der Waals surface area contributed by atoms with Crippen LogP contribution in [-0.4, -0.2) is 66.5 Å². The molecule has 1 fully saturated rings. The lowest BCUT2D eigenvalue weighted by molar-refractivity contribution is -0.140. The molecule has 1 aromatic carbocycles. The summed E-state index contributed by atoms with van der Waals surface area (Å²) in [7, 11) is 1.62. The zero-order valence-electron chi connectivity index (χ0n) is 18.7. The quantitative estimate of drug-likeness (QED) is 0.600. The van der Waals surface area contributed by atoms with E-state index in [0.29, 0.717) is 17.0 Å². The van der Waals surface area contributed by atoms with Crippen molar-refractivity contribution in [2.24, 2.45) is 0 Å². The average Bonchev–Trinajstić information content (AvgIpc) is 2.88. The van der Waals surface area contributed by atoms with Crippen LogP contribution in [0.2, 0.25) is 0 Å². The van der Waals surface area contributed by atoms with E-state index in [2.05, 4.69) is 27.5 Å². The van der Waals surface area contributed by atoms with Crippen LogP contribution in [0.4, 0.5) is 11.4 Å². The highest BCUT2D eigenvalue weighted by atomic mass is 16.5. The van der Waals surface area contributed by atoms with E-state index >= 15 is 0 Å². The first-order valence-electron chi connectivity index (χ1n) is 10.7. The predicted molar refractivity (Wildman–Crippen MR) is 122 cm³/mol. The number of nitrogens with zero attached hydrogens (tertiary/aromatic N) is 2. The van der Waals surface area contributed by atoms with Gasteiger partial charge in [-0.3, -0.25) is 14.6 Å². The summed E-state index contributed by atoms with van der Waals surface area (Å²) in [6, 6.07) is 7.92. The van der Waals surface area contributed by atoms with E-state index in [4.69, 9.17) is 9.47 Å². The van der Waals surface area contributed by atoms with Crippen LogP contribution in [-0.2, 0) is 9.53 Å². The smallest absolute Gasteiger partial charge is 0.270 e. The van der Waals surface area contributed by atoms with Gasteiger partial charge < -0.3 is 30.1 Å². The topological polar surface area (TPSA) is 113 Å². The minimum atomic E-state index is -1.13. The number of fused-ring (bicyclic) bond motifs is 1. The zero-order valence-corrected chi connectivity index (χ0v) is 18.7. The van der Waals surface area contributed by atoms with Crippen molar-refractivity contribution < 1.29 is 24.2 Å². The summed E-state index contributed by atoms with van der Waals surface area (Å²) in [4.78, 5) is 31.4. The maximum atomic E-state index is 13.1. The molecule has 0 unspecified atom stereocenters. The fourth-order valence-electron chi connectivity index (χ4n) is 3.45. The molecule has 1 atom stereocenters. The first-order chi connectivity index (χ1) is 15.7. The number of hydrogen-bond donors (Lipinski definition) is 3. The van der Waals surface area contributed by atoms with Crippen LogP contribution >= 0.6 is 0 Å². The molecule has 4 rings (SSSR count). The van der Waals surface area contributed by atoms with Gasteiger partial charge in [-0.25, -0.2) is 0 Å². The van der Waals surface area contributed by atoms with E-state index in [1.165, 1.54) is 4.90 Å². The molecule has 3 N–H and O–H groups in total. The second kappa shape index (κ2) is 9.10. The fraction of sp³-hybridized carbons (Fsp3) is 0.375. The Bertz CT molecular complexity index is 1130. The van der Waals surface area contributed by atoms with Crippen molar-refractivity contribution in [3.8, 4) is 17.6 Å². The van der Waals surface area contributed by atoms with Gasteiger partial charge >= 0.3 is 0 Å². The first-order valence-corrected chi connectivity index (χ1v) is 10.7. The number of aliphatic hydroxyl groups is 1. The molecule has 33 heavy (non-hydrogen) atoms. The van der Waals surface area contributed by atoms with Crippen molar-refractivity contribution >= 4 is 23.2 Å². The van der Waals surface area contributed by atoms with Crippen molar-refractivity contribution in [3.63, 3.8) is 0 Å². The normalized spacial score (nSPS) is 18.8. The van der Waals surface area contributed by atoms with E-state index in [9.17, 15) is 14.7 Å². The van der Waals surface area contributed by atoms with E-state index in [1.807, 2.05) is 13.8 Å². The number of hydrogen-bond acceptors (Lipinski definition) is 7. The number of carbonyl (C=O) groups is 2. The van der Waals surface area contributed by atoms with E-state index in [0.717, 1.165) is 5.69 Å². The molecule has 1 aromatic heterocycles. The highest BCUT2D eigenvalue weighted by Crippen LogP contribution is 2.31. The lowest BCUT2D eigenvalue weighted by atomic mass is 10.0. The van der Waals surface area contributed by atoms with Gasteiger partial charge in [-0.05, 0) is 44.2 Å². The summed E-state index contributed by atoms with van der Waals surface area (Å²) < 4.78 is 10.8. The van der Waals surface area contributed by atoms with Gasteiger partial charge in [-0.2, -0.15) is 0 Å². The van der Waals surface area contributed by atoms with Crippen molar-refractivity contribution in [1.82, 2.24) is 10.3 Å². The molecule has 1 saturated heterocycles. The van der Waals surface area contributed by atoms with Gasteiger partial charge in [0.05, 0.1) is 18.9 Å². The highest BCUT2D eigenvalue weighted by molar-refractivity contribution is 6.03. The van der Waals surface area contributed by atoms with E-state index in [1.54, 1.807) is 43.6 Å². The maximum Gasteiger partial charge on any atom is 0.270 e. The van der Waals surface area contributed by atoms with Gasteiger partial charge in [0.25, 0.3) is 11.8 Å². The number of carbonyl (C=O) groups excluding carboxylic acids is 2. The predicted octanol–water partition coefficient (Wildman–Crippen LogP) is 1.17. The summed E-state index contributed by atoms with van der Waals surface area (Å²) in [5.41, 5.74) is 0.995. The Morgan fingerprint density at radius 2 is 2.09 bits per heavy atom. The number of rotatable bonds is 4. The largest absolute Gasteiger partial charge is 0.489 e. The van der Waals surface area contributed by atoms with Crippen LogP contribution in [0.5, 0.6) is 5.75 Å². The van der Waals surface area contributed by atoms with Crippen molar-refractivity contribution in [3.05, 3.63) is 47.8 Å². The van der Waals surface area contributed by atoms with Crippen LogP contribution in [0.25, 0.3) is 0 Å². The van der Waals surface area contributed by atoms with Crippen LogP contribution in [0, 0.1) is 11.8 Å². The molecule has 0 aliphatic carbocycles. The summed E-state index contributed by atoms with van der Waals surface area (Å²) in [5.74, 6) is 5.43. The standard InChI is InChI=1S/C24H26N4O5/c1-15(2)26-17-7-9-25-18(11-17)22(29)27-19-12-33-21-5-4-16(6-8-24(31)13-32-14-24)10-20(21)28(3)23(19)30/h4-5,7,9-11,15,19,31H,12-14H2,1-3H3,(H,25,26)(H,27,29)/t19-/m0/s1. The van der Waals surface area contributed by atoms with Crippen LogP contribution in [0.15, 0.2) is 36.5 Å². The third-order valence-corrected chi connectivity index (χ3v) is 5.23. The minimum absolute atomic E-state index is 0.0199. The Kier molecular flexibility index (Phi) is 6.22. The van der Waals surface area contributed by atoms with Gasteiger partial charge in [0.15, 0.2) is 5.60 Å². The van der Waals surface area contributed by atoms with Crippen molar-refractivity contribution in [2.75, 3.05) is 37.1 Å². The average molecular weight is 450 g/mol. The lowest BCUT2D eigenvalue weighted by Crippen LogP contribution is -2.49. The number of ether oxygens (including phenoxy) is 2. The molecule has 0 spiro atoms. The van der Waals surface area contributed by atoms with Gasteiger partial charge in [0.1, 0.15) is 24.1 Å². The Morgan fingerprint density at radius 3 is 2.79 bits per heavy atom. The fourth-order valence-corrected chi connectivity index (χ4v) is 3.45. The Labute approximate surface area is 192 Å². The summed E-state index contributed by atoms with van der Waals surface area (Å²) in [5, 5.41) is 16.0. The molecule has 2 aromatic rings. The maximum absolute atomic E-state index is 13.1. The molecule has 2 aliphatic rings. The molecular weight excluding hydrogens is 424 g/mol. The molecule has 2 aliphatic heterocycles. The minimum Gasteiger partial charge on any atom is -0.489 e. The molecule has 0 saturated carbocycles. The van der Waals surface area contributed by atoms with E-state index in [-0.39, 0.29) is 37.5 Å². The van der Waals surface area contributed by atoms with Crippen molar-refractivity contribution in [1.29, 1.82) is 0 Å². The van der Waals surface area contributed by atoms with Crippen LogP contribution < -0.4 is 20.3 Å². The second-order valence-corrected chi connectivity index (χ2v) is 8.42. The molecule has 2 amide bonds. The molecule has 9 nitrogen and oxygen atoms in total. The number of anilines is 2. The first kappa shape index (κ1) is 22.6. The van der Waals surface area contributed by atoms with Crippen LogP contribution in [0.3, 0.4) is 0 Å². The lowest BCUT2D eigenvalue weighted by Gasteiger charge is -2.30. The Balaban J connectivity index is 1.49. The summed E-state index contributed by atoms with van der Waals surface area (Å²) in [6.45, 7) is 4.33. The molecule has 0 radical (unpaired) electrons. The molecule has 0 bridgehead atoms. The van der Waals surface area contributed by atoms with Gasteiger partial charge in [-0.1, -0.05) is 11.8 Å². The third-order valence-electron chi connectivity index (χ3n) is 5.23. The summed E-state index contributed by atoms with van der Waals surface area (Å²) >= 11 is 0. The Hall–Kier alpha value is -3.61. The van der Waals surface area contributed by atoms with Gasteiger partial charge in [-0.15, -0.1) is 0 Å². The number of amides is 2. The monoisotopic (exact) mass is 450 g/mol. The number of aromatic nitrogens is 1.